The Bertz CT molecular complexity index is 2950. The Labute approximate surface area is 459 Å². The van der Waals surface area contributed by atoms with Gasteiger partial charge in [-0.2, -0.15) is 0 Å². The molecule has 7 N–H and O–H groups in total. The highest BCUT2D eigenvalue weighted by Gasteiger charge is 2.47. The van der Waals surface area contributed by atoms with Crippen LogP contribution in [0.15, 0.2) is 49.1 Å². The van der Waals surface area contributed by atoms with Crippen molar-refractivity contribution in [1.82, 2.24) is 49.9 Å². The Morgan fingerprint density at radius 3 is 2.38 bits per heavy atom. The number of unbranched alkanes of at least 4 members (excludes halogenated alkanes) is 1. The molecule has 0 bridgehead atoms. The van der Waals surface area contributed by atoms with Crippen LogP contribution in [-0.4, -0.2) is 181 Å². The fourth-order valence-electron chi connectivity index (χ4n) is 10.8. The van der Waals surface area contributed by atoms with Gasteiger partial charge in [-0.05, 0) is 99.6 Å². The number of aliphatic hydroxyl groups excluding tert-OH is 2. The highest BCUT2D eigenvalue weighted by atomic mass is 16.6. The van der Waals surface area contributed by atoms with Gasteiger partial charge in [-0.3, -0.25) is 43.7 Å². The number of rotatable bonds is 28. The minimum Gasteiger partial charge on any atom is -0.387 e. The highest BCUT2D eigenvalue weighted by molar-refractivity contribution is 6.23. The third-order valence-electron chi connectivity index (χ3n) is 15.3. The smallest absolute Gasteiger partial charge is 0.262 e. The minimum atomic E-state index is -1.18. The average Bonchev–Trinajstić information content (AvgIpc) is 4.36. The Morgan fingerprint density at radius 1 is 0.873 bits per heavy atom. The Hall–Kier alpha value is -6.47. The molecule has 6 heterocycles. The number of aromatic amines is 1. The van der Waals surface area contributed by atoms with E-state index in [2.05, 4.69) is 98.9 Å². The molecule has 9 rings (SSSR count). The van der Waals surface area contributed by atoms with Crippen LogP contribution < -0.4 is 21.3 Å². The summed E-state index contributed by atoms with van der Waals surface area (Å²) in [6.45, 7) is 15.0. The molecule has 79 heavy (non-hydrogen) atoms. The fourth-order valence-corrected chi connectivity index (χ4v) is 10.8. The maximum Gasteiger partial charge on any atom is 0.262 e. The molecule has 5 atom stereocenters. The zero-order valence-corrected chi connectivity index (χ0v) is 45.9. The first kappa shape index (κ1) is 57.2. The summed E-state index contributed by atoms with van der Waals surface area (Å²) in [7, 11) is 0. The number of carbonyl (C=O) groups is 5. The second kappa shape index (κ2) is 25.8. The standard InChI is InChI=1S/C56H76N12O11/c1-33(2)66(37-26-34(27-37)8-14-44-63-40-12-9-35(56(3,4)5)28-41(40)64-44)30-43-48(71)49(72)55(79-43)67-32-62-47-50(60-31-61-51(47)67)59-18-7-6-17-58-45(69)16-20-76-22-24-78-25-23-77-21-19-57-36-10-11-38-39(29-36)54(75)68(53(38)74)42-13-15-46(70)65-52(42)73/h9-12,28-29,31-34,37,42-43,48-49,55,57,71-72H,6-8,13-27,30H2,1-5H3,(H,58,69)(H,63,64)(H,59,60,61)(H,65,70,73)/t34?,37?,42?,43-,48?,49?,55-/m1/s1. The van der Waals surface area contributed by atoms with Gasteiger partial charge in [-0.25, -0.2) is 19.9 Å². The zero-order valence-electron chi connectivity index (χ0n) is 45.9. The van der Waals surface area contributed by atoms with Crippen LogP contribution in [0.3, 0.4) is 0 Å². The van der Waals surface area contributed by atoms with Crippen LogP contribution in [0.5, 0.6) is 0 Å². The lowest BCUT2D eigenvalue weighted by Crippen LogP contribution is -2.54. The monoisotopic (exact) mass is 1090 g/mol. The van der Waals surface area contributed by atoms with Crippen LogP contribution in [0.1, 0.15) is 124 Å². The first-order valence-electron chi connectivity index (χ1n) is 27.8. The van der Waals surface area contributed by atoms with Gasteiger partial charge < -0.3 is 50.1 Å². The largest absolute Gasteiger partial charge is 0.387 e. The van der Waals surface area contributed by atoms with E-state index in [0.717, 1.165) is 60.3 Å². The summed E-state index contributed by atoms with van der Waals surface area (Å²) in [6.07, 6.45) is 5.19. The number of carbonyl (C=O) groups excluding carboxylic acids is 5. The second-order valence-electron chi connectivity index (χ2n) is 22.3. The molecule has 5 aromatic rings. The summed E-state index contributed by atoms with van der Waals surface area (Å²) in [5.74, 6) is -0.143. The van der Waals surface area contributed by atoms with E-state index < -0.39 is 54.2 Å². The van der Waals surface area contributed by atoms with Crippen molar-refractivity contribution in [3.8, 4) is 0 Å². The second-order valence-corrected chi connectivity index (χ2v) is 22.3. The number of aliphatic hydroxyl groups is 2. The van der Waals surface area contributed by atoms with E-state index in [1.807, 2.05) is 0 Å². The molecule has 1 aliphatic carbocycles. The number of anilines is 2. The Morgan fingerprint density at radius 2 is 1.62 bits per heavy atom. The van der Waals surface area contributed by atoms with Crippen LogP contribution in [0.4, 0.5) is 11.5 Å². The zero-order chi connectivity index (χ0) is 55.8. The molecule has 0 spiro atoms. The van der Waals surface area contributed by atoms with Crippen molar-refractivity contribution in [3.05, 3.63) is 71.6 Å². The van der Waals surface area contributed by atoms with Crippen molar-refractivity contribution in [2.75, 3.05) is 76.5 Å². The molecule has 3 aromatic heterocycles. The number of hydrogen-bond acceptors (Lipinski definition) is 18. The van der Waals surface area contributed by atoms with Gasteiger partial charge in [0.2, 0.25) is 17.7 Å². The molecule has 2 aromatic carbocycles. The van der Waals surface area contributed by atoms with E-state index in [1.54, 1.807) is 29.1 Å². The van der Waals surface area contributed by atoms with Crippen LogP contribution in [0.2, 0.25) is 0 Å². The topological polar surface area (TPSA) is 290 Å². The van der Waals surface area contributed by atoms with Crippen LogP contribution in [0, 0.1) is 5.92 Å². The van der Waals surface area contributed by atoms with Crippen LogP contribution in [0.25, 0.3) is 22.2 Å². The SMILES string of the molecule is CC(C)N(C[C@H]1O[C@@H](n2cnc3c(NCCCCNC(=O)CCOCCOCCOCCNc4ccc5c(c4)C(=O)N(C4CCC(=O)NC4=O)C5=O)ncnc32)C(O)C1O)C1CC(CCc2nc3cc(C(C)(C)C)ccc3[nH]2)C1. The normalized spacial score (nSPS) is 22.3. The molecule has 23 heteroatoms. The molecule has 3 fully saturated rings. The lowest BCUT2D eigenvalue weighted by atomic mass is 9.76. The average molecular weight is 1090 g/mol. The summed E-state index contributed by atoms with van der Waals surface area (Å²) >= 11 is 0. The van der Waals surface area contributed by atoms with E-state index >= 15 is 0 Å². The first-order valence-corrected chi connectivity index (χ1v) is 27.8. The quantitative estimate of drug-likeness (QED) is 0.0275. The van der Waals surface area contributed by atoms with Gasteiger partial charge in [-0.1, -0.05) is 26.8 Å². The number of H-pyrrole nitrogens is 1. The number of aromatic nitrogens is 6. The lowest BCUT2D eigenvalue weighted by Gasteiger charge is -2.46. The molecule has 0 radical (unpaired) electrons. The molecule has 1 saturated carbocycles. The molecule has 5 amide bonds. The number of ether oxygens (including phenoxy) is 4. The van der Waals surface area contributed by atoms with Crippen molar-refractivity contribution >= 4 is 63.2 Å². The van der Waals surface area contributed by atoms with E-state index in [-0.39, 0.29) is 54.4 Å². The van der Waals surface area contributed by atoms with Gasteiger partial charge in [-0.15, -0.1) is 0 Å². The van der Waals surface area contributed by atoms with Gasteiger partial charge in [0.25, 0.3) is 11.8 Å². The van der Waals surface area contributed by atoms with Gasteiger partial charge >= 0.3 is 0 Å². The third-order valence-corrected chi connectivity index (χ3v) is 15.3. The van der Waals surface area contributed by atoms with Gasteiger partial charge in [0.1, 0.15) is 36.5 Å². The molecule has 3 aliphatic heterocycles. The Balaban J connectivity index is 0.600. The van der Waals surface area contributed by atoms with E-state index in [0.29, 0.717) is 93.8 Å². The van der Waals surface area contributed by atoms with Crippen molar-refractivity contribution in [3.63, 3.8) is 0 Å². The fraction of sp³-hybridized carbons (Fsp3) is 0.589. The molecule has 3 unspecified atom stereocenters. The van der Waals surface area contributed by atoms with Gasteiger partial charge in [0.05, 0.1) is 68.1 Å². The summed E-state index contributed by atoms with van der Waals surface area (Å²) in [4.78, 5) is 87.4. The molecule has 4 aliphatic rings. The number of nitrogens with zero attached hydrogens (tertiary/aromatic N) is 7. The summed E-state index contributed by atoms with van der Waals surface area (Å²) in [6, 6.07) is 10.9. The number of amides is 5. The van der Waals surface area contributed by atoms with Crippen molar-refractivity contribution in [2.24, 2.45) is 5.92 Å². The van der Waals surface area contributed by atoms with Gasteiger partial charge in [0, 0.05) is 63.2 Å². The molecule has 2 saturated heterocycles. The van der Waals surface area contributed by atoms with E-state index in [4.69, 9.17) is 23.9 Å². The number of piperidine rings is 1. The maximum absolute atomic E-state index is 13.1. The van der Waals surface area contributed by atoms with Crippen molar-refractivity contribution in [2.45, 2.75) is 140 Å². The predicted octanol–water partition coefficient (Wildman–Crippen LogP) is 4.00. The summed E-state index contributed by atoms with van der Waals surface area (Å²) in [5, 5.41) is 34.2. The molecular weight excluding hydrogens is 1020 g/mol. The van der Waals surface area contributed by atoms with Gasteiger partial charge in [0.15, 0.2) is 23.2 Å². The van der Waals surface area contributed by atoms with Crippen LogP contribution >= 0.6 is 0 Å². The number of hydrogen-bond donors (Lipinski definition) is 7. The molecule has 23 nitrogen and oxygen atoms in total. The summed E-state index contributed by atoms with van der Waals surface area (Å²) < 4.78 is 24.8. The number of aryl methyl sites for hydroxylation is 1. The number of nitrogens with one attached hydrogen (secondary N) is 5. The number of benzene rings is 2. The third kappa shape index (κ3) is 13.8. The van der Waals surface area contributed by atoms with Crippen molar-refractivity contribution < 1.29 is 53.1 Å². The maximum atomic E-state index is 13.1. The molecular formula is C56H76N12O11. The number of imidazole rings is 2. The lowest BCUT2D eigenvalue weighted by molar-refractivity contribution is -0.136. The first-order chi connectivity index (χ1) is 38.0. The van der Waals surface area contributed by atoms with E-state index in [9.17, 15) is 34.2 Å². The molecule has 426 valence electrons. The van der Waals surface area contributed by atoms with Crippen molar-refractivity contribution in [1.29, 1.82) is 0 Å². The highest BCUT2D eigenvalue weighted by Crippen LogP contribution is 2.39. The number of fused-ring (bicyclic) bond motifs is 3. The number of imide groups is 2. The van der Waals surface area contributed by atoms with E-state index in [1.165, 1.54) is 11.9 Å². The van der Waals surface area contributed by atoms with Crippen LogP contribution in [-0.2, 0) is 45.2 Å². The Kier molecular flexibility index (Phi) is 18.7. The minimum absolute atomic E-state index is 0.0578. The summed E-state index contributed by atoms with van der Waals surface area (Å²) in [5.41, 5.74) is 5.48. The predicted molar refractivity (Wildman–Crippen MR) is 292 cm³/mol.